The zero-order chi connectivity index (χ0) is 18.8. The Kier molecular flexibility index (Phi) is 4.73. The van der Waals surface area contributed by atoms with Gasteiger partial charge in [-0.15, -0.1) is 0 Å². The van der Waals surface area contributed by atoms with Crippen LogP contribution in [-0.2, 0) is 6.54 Å². The number of hydrogen-bond donors (Lipinski definition) is 1. The Balaban J connectivity index is 1.68. The van der Waals surface area contributed by atoms with Crippen molar-refractivity contribution >= 4 is 23.2 Å². The van der Waals surface area contributed by atoms with Crippen LogP contribution in [0.2, 0.25) is 5.02 Å². The van der Waals surface area contributed by atoms with Gasteiger partial charge < -0.3 is 15.0 Å². The monoisotopic (exact) mass is 378 g/mol. The lowest BCUT2D eigenvalue weighted by molar-refractivity contribution is 0.0729. The van der Waals surface area contributed by atoms with Crippen LogP contribution in [-0.4, -0.2) is 17.9 Å². The molecular weight excluding hydrogens is 360 g/mol. The van der Waals surface area contributed by atoms with E-state index in [0.717, 1.165) is 22.4 Å². The lowest BCUT2D eigenvalue weighted by Crippen LogP contribution is -2.31. The van der Waals surface area contributed by atoms with E-state index in [0.29, 0.717) is 17.3 Å². The lowest BCUT2D eigenvalue weighted by Gasteiger charge is -2.27. The van der Waals surface area contributed by atoms with Crippen molar-refractivity contribution in [3.8, 4) is 5.75 Å². The number of hydrogen-bond acceptors (Lipinski definition) is 3. The van der Waals surface area contributed by atoms with Crippen LogP contribution in [0.1, 0.15) is 27.7 Å². The van der Waals surface area contributed by atoms with Crippen molar-refractivity contribution in [3.05, 3.63) is 94.5 Å². The number of amides is 1. The SMILES string of the molecule is COc1ccc(NC2c3ccccc3C(=O)N2Cc2ccccc2)cc1Cl. The van der Waals surface area contributed by atoms with Crippen molar-refractivity contribution in [3.63, 3.8) is 0 Å². The minimum atomic E-state index is -0.265. The van der Waals surface area contributed by atoms with Crippen LogP contribution in [0.4, 0.5) is 5.69 Å². The van der Waals surface area contributed by atoms with Crippen molar-refractivity contribution in [2.45, 2.75) is 12.7 Å². The highest BCUT2D eigenvalue weighted by molar-refractivity contribution is 6.32. The highest BCUT2D eigenvalue weighted by Crippen LogP contribution is 2.37. The number of halogens is 1. The first kappa shape index (κ1) is 17.4. The van der Waals surface area contributed by atoms with Crippen LogP contribution in [0, 0.1) is 0 Å². The average molecular weight is 379 g/mol. The molecule has 0 radical (unpaired) electrons. The summed E-state index contributed by atoms with van der Waals surface area (Å²) in [7, 11) is 1.59. The third kappa shape index (κ3) is 3.36. The molecule has 0 aliphatic carbocycles. The zero-order valence-electron chi connectivity index (χ0n) is 14.9. The predicted octanol–water partition coefficient (Wildman–Crippen LogP) is 5.12. The van der Waals surface area contributed by atoms with Gasteiger partial charge in [0.15, 0.2) is 0 Å². The van der Waals surface area contributed by atoms with Crippen LogP contribution >= 0.6 is 11.6 Å². The molecule has 4 nitrogen and oxygen atoms in total. The molecule has 0 saturated heterocycles. The Morgan fingerprint density at radius 2 is 1.78 bits per heavy atom. The Morgan fingerprint density at radius 1 is 1.04 bits per heavy atom. The van der Waals surface area contributed by atoms with Gasteiger partial charge in [-0.1, -0.05) is 60.1 Å². The fourth-order valence-electron chi connectivity index (χ4n) is 3.38. The fraction of sp³-hybridized carbons (Fsp3) is 0.136. The molecule has 3 aromatic carbocycles. The number of rotatable bonds is 5. The second-order valence-corrected chi connectivity index (χ2v) is 6.81. The molecule has 0 bridgehead atoms. The standard InChI is InChI=1S/C22H19ClN2O2/c1-27-20-12-11-16(13-19(20)23)24-21-17-9-5-6-10-18(17)22(26)25(21)14-15-7-3-2-4-8-15/h2-13,21,24H,14H2,1H3. The van der Waals surface area contributed by atoms with Crippen LogP contribution in [0.3, 0.4) is 0 Å². The smallest absolute Gasteiger partial charge is 0.256 e. The van der Waals surface area contributed by atoms with Crippen molar-refractivity contribution < 1.29 is 9.53 Å². The summed E-state index contributed by atoms with van der Waals surface area (Å²) in [5.41, 5.74) is 3.60. The highest BCUT2D eigenvalue weighted by atomic mass is 35.5. The maximum atomic E-state index is 13.0. The van der Waals surface area contributed by atoms with Crippen molar-refractivity contribution in [1.82, 2.24) is 4.90 Å². The Labute approximate surface area is 163 Å². The molecule has 0 saturated carbocycles. The van der Waals surface area contributed by atoms with Gasteiger partial charge in [0.1, 0.15) is 11.9 Å². The molecule has 1 amide bonds. The van der Waals surface area contributed by atoms with E-state index in [1.807, 2.05) is 77.7 Å². The van der Waals surface area contributed by atoms with E-state index >= 15 is 0 Å². The third-order valence-corrected chi connectivity index (χ3v) is 5.00. The molecule has 136 valence electrons. The van der Waals surface area contributed by atoms with Gasteiger partial charge in [-0.3, -0.25) is 4.79 Å². The number of carbonyl (C=O) groups excluding carboxylic acids is 1. The molecule has 0 aromatic heterocycles. The highest BCUT2D eigenvalue weighted by Gasteiger charge is 2.36. The zero-order valence-corrected chi connectivity index (χ0v) is 15.6. The lowest BCUT2D eigenvalue weighted by atomic mass is 10.1. The molecule has 1 N–H and O–H groups in total. The maximum Gasteiger partial charge on any atom is 0.256 e. The van der Waals surface area contributed by atoms with Crippen molar-refractivity contribution in [2.75, 3.05) is 12.4 Å². The van der Waals surface area contributed by atoms with Gasteiger partial charge in [0, 0.05) is 23.4 Å². The minimum Gasteiger partial charge on any atom is -0.495 e. The number of anilines is 1. The number of fused-ring (bicyclic) bond motifs is 1. The van der Waals surface area contributed by atoms with E-state index in [2.05, 4.69) is 5.32 Å². The van der Waals surface area contributed by atoms with Gasteiger partial charge in [0.2, 0.25) is 0 Å². The summed E-state index contributed by atoms with van der Waals surface area (Å²) in [6.45, 7) is 0.524. The number of carbonyl (C=O) groups is 1. The van der Waals surface area contributed by atoms with Gasteiger partial charge in [-0.25, -0.2) is 0 Å². The molecule has 1 aliphatic heterocycles. The molecule has 1 aliphatic rings. The number of methoxy groups -OCH3 is 1. The number of nitrogens with one attached hydrogen (secondary N) is 1. The largest absolute Gasteiger partial charge is 0.495 e. The van der Waals surface area contributed by atoms with Gasteiger partial charge in [0.05, 0.1) is 12.1 Å². The molecule has 0 spiro atoms. The molecule has 1 unspecified atom stereocenters. The van der Waals surface area contributed by atoms with E-state index in [1.165, 1.54) is 0 Å². The predicted molar refractivity (Wildman–Crippen MR) is 107 cm³/mol. The number of benzene rings is 3. The van der Waals surface area contributed by atoms with Crippen LogP contribution in [0.5, 0.6) is 5.75 Å². The first-order valence-electron chi connectivity index (χ1n) is 8.71. The molecule has 27 heavy (non-hydrogen) atoms. The summed E-state index contributed by atoms with van der Waals surface area (Å²) >= 11 is 6.26. The van der Waals surface area contributed by atoms with E-state index in [-0.39, 0.29) is 12.1 Å². The van der Waals surface area contributed by atoms with Gasteiger partial charge in [-0.2, -0.15) is 0 Å². The van der Waals surface area contributed by atoms with Crippen LogP contribution < -0.4 is 10.1 Å². The molecule has 1 atom stereocenters. The Morgan fingerprint density at radius 3 is 2.52 bits per heavy atom. The summed E-state index contributed by atoms with van der Waals surface area (Å²) in [5.74, 6) is 0.637. The first-order chi connectivity index (χ1) is 13.2. The van der Waals surface area contributed by atoms with E-state index in [4.69, 9.17) is 16.3 Å². The maximum absolute atomic E-state index is 13.0. The van der Waals surface area contributed by atoms with Gasteiger partial charge >= 0.3 is 0 Å². The fourth-order valence-corrected chi connectivity index (χ4v) is 3.64. The first-order valence-corrected chi connectivity index (χ1v) is 9.09. The summed E-state index contributed by atoms with van der Waals surface area (Å²) in [5, 5.41) is 3.98. The molecular formula is C22H19ClN2O2. The topological polar surface area (TPSA) is 41.6 Å². The second-order valence-electron chi connectivity index (χ2n) is 6.40. The third-order valence-electron chi connectivity index (χ3n) is 4.71. The quantitative estimate of drug-likeness (QED) is 0.670. The molecule has 0 fully saturated rings. The number of ether oxygens (including phenoxy) is 1. The average Bonchev–Trinajstić information content (AvgIpc) is 2.95. The van der Waals surface area contributed by atoms with Crippen molar-refractivity contribution in [1.29, 1.82) is 0 Å². The summed E-state index contributed by atoms with van der Waals surface area (Å²) in [6.07, 6.45) is -0.265. The summed E-state index contributed by atoms with van der Waals surface area (Å²) in [4.78, 5) is 14.9. The van der Waals surface area contributed by atoms with E-state index in [1.54, 1.807) is 7.11 Å². The van der Waals surface area contributed by atoms with Crippen LogP contribution in [0.15, 0.2) is 72.8 Å². The second kappa shape index (κ2) is 7.33. The Hall–Kier alpha value is -2.98. The summed E-state index contributed by atoms with van der Waals surface area (Å²) < 4.78 is 5.22. The normalized spacial score (nSPS) is 15.6. The summed E-state index contributed by atoms with van der Waals surface area (Å²) in [6, 6.07) is 23.2. The van der Waals surface area contributed by atoms with Gasteiger partial charge in [0.25, 0.3) is 5.91 Å². The number of nitrogens with zero attached hydrogens (tertiary/aromatic N) is 1. The molecule has 1 heterocycles. The minimum absolute atomic E-state index is 0.0200. The van der Waals surface area contributed by atoms with Crippen LogP contribution in [0.25, 0.3) is 0 Å². The van der Waals surface area contributed by atoms with E-state index < -0.39 is 0 Å². The van der Waals surface area contributed by atoms with E-state index in [9.17, 15) is 4.79 Å². The van der Waals surface area contributed by atoms with Gasteiger partial charge in [-0.05, 0) is 29.8 Å². The molecule has 3 aromatic rings. The van der Waals surface area contributed by atoms with Crippen molar-refractivity contribution in [2.24, 2.45) is 0 Å². The molecule has 4 rings (SSSR count). The molecule has 5 heteroatoms. The Bertz CT molecular complexity index is 975.